The molecule has 0 saturated heterocycles. The van der Waals surface area contributed by atoms with Gasteiger partial charge in [0.25, 0.3) is 0 Å². The van der Waals surface area contributed by atoms with E-state index in [-0.39, 0.29) is 5.92 Å². The highest BCUT2D eigenvalue weighted by Crippen LogP contribution is 2.20. The Hall–Kier alpha value is -1.49. The predicted octanol–water partition coefficient (Wildman–Crippen LogP) is 0.640. The molecule has 5 nitrogen and oxygen atoms in total. The SMILES string of the molecule is C=N/C=C(/C(C)/C(=C/NN)NC)N(C)CC. The number of nitrogens with zero attached hydrogens (tertiary/aromatic N) is 2. The van der Waals surface area contributed by atoms with E-state index in [2.05, 4.69) is 41.2 Å². The highest BCUT2D eigenvalue weighted by molar-refractivity contribution is 5.28. The summed E-state index contributed by atoms with van der Waals surface area (Å²) >= 11 is 0. The monoisotopic (exact) mass is 225 g/mol. The molecule has 0 fully saturated rings. The molecule has 0 radical (unpaired) electrons. The summed E-state index contributed by atoms with van der Waals surface area (Å²) in [6.45, 7) is 8.59. The second kappa shape index (κ2) is 7.76. The average Bonchev–Trinajstić information content (AvgIpc) is 2.31. The summed E-state index contributed by atoms with van der Waals surface area (Å²) < 4.78 is 0. The molecule has 0 aliphatic carbocycles. The van der Waals surface area contributed by atoms with E-state index in [1.165, 1.54) is 0 Å². The molecule has 0 aromatic rings. The van der Waals surface area contributed by atoms with E-state index in [1.54, 1.807) is 12.4 Å². The minimum absolute atomic E-state index is 0.177. The summed E-state index contributed by atoms with van der Waals surface area (Å²) in [4.78, 5) is 5.97. The predicted molar refractivity (Wildman–Crippen MR) is 69.6 cm³/mol. The van der Waals surface area contributed by atoms with Gasteiger partial charge in [-0.05, 0) is 13.6 Å². The van der Waals surface area contributed by atoms with Crippen molar-refractivity contribution in [1.29, 1.82) is 0 Å². The smallest absolute Gasteiger partial charge is 0.0459 e. The zero-order valence-electron chi connectivity index (χ0n) is 10.6. The van der Waals surface area contributed by atoms with E-state index in [9.17, 15) is 0 Å². The van der Waals surface area contributed by atoms with Gasteiger partial charge < -0.3 is 15.6 Å². The number of nitrogens with two attached hydrogens (primary N) is 1. The lowest BCUT2D eigenvalue weighted by atomic mass is 10.0. The van der Waals surface area contributed by atoms with Crippen molar-refractivity contribution in [3.8, 4) is 0 Å². The molecule has 0 aromatic carbocycles. The molecule has 0 spiro atoms. The first-order valence-corrected chi connectivity index (χ1v) is 5.33. The second-order valence-corrected chi connectivity index (χ2v) is 3.49. The van der Waals surface area contributed by atoms with Crippen LogP contribution in [0, 0.1) is 5.92 Å². The molecule has 0 saturated carbocycles. The van der Waals surface area contributed by atoms with Gasteiger partial charge in [-0.2, -0.15) is 0 Å². The van der Waals surface area contributed by atoms with Gasteiger partial charge in [0, 0.05) is 50.4 Å². The van der Waals surface area contributed by atoms with Gasteiger partial charge >= 0.3 is 0 Å². The number of hydrogen-bond donors (Lipinski definition) is 3. The lowest BCUT2D eigenvalue weighted by molar-refractivity contribution is 0.393. The van der Waals surface area contributed by atoms with E-state index in [1.807, 2.05) is 14.1 Å². The zero-order valence-corrected chi connectivity index (χ0v) is 10.6. The second-order valence-electron chi connectivity index (χ2n) is 3.49. The topological polar surface area (TPSA) is 65.7 Å². The molecule has 0 aliphatic heterocycles. The van der Waals surface area contributed by atoms with E-state index in [0.29, 0.717) is 0 Å². The zero-order chi connectivity index (χ0) is 12.6. The molecule has 1 unspecified atom stereocenters. The molecule has 0 aromatic heterocycles. The Balaban J connectivity index is 5.00. The van der Waals surface area contributed by atoms with Crippen LogP contribution >= 0.6 is 0 Å². The fraction of sp³-hybridized carbons (Fsp3) is 0.545. The summed E-state index contributed by atoms with van der Waals surface area (Å²) in [7, 11) is 3.89. The standard InChI is InChI=1S/C11H23N5/c1-6-16(5)11(8-13-3)9(2)10(14-4)7-15-12/h7-9,14-15H,3,6,12H2,1-2,4-5H3/b10-7-,11-8-. The summed E-state index contributed by atoms with van der Waals surface area (Å²) in [6.07, 6.45) is 3.51. The maximum absolute atomic E-state index is 5.29. The van der Waals surface area contributed by atoms with Crippen LogP contribution in [0.15, 0.2) is 28.8 Å². The van der Waals surface area contributed by atoms with E-state index >= 15 is 0 Å². The van der Waals surface area contributed by atoms with Crippen molar-refractivity contribution in [2.45, 2.75) is 13.8 Å². The van der Waals surface area contributed by atoms with Gasteiger partial charge in [-0.1, -0.05) is 6.92 Å². The minimum atomic E-state index is 0.177. The van der Waals surface area contributed by atoms with Crippen molar-refractivity contribution in [3.63, 3.8) is 0 Å². The van der Waals surface area contributed by atoms with Gasteiger partial charge in [-0.3, -0.25) is 10.8 Å². The Morgan fingerprint density at radius 1 is 1.62 bits per heavy atom. The minimum Gasteiger partial charge on any atom is -0.390 e. The van der Waals surface area contributed by atoms with Crippen LogP contribution in [-0.2, 0) is 0 Å². The molecule has 0 amide bonds. The molecule has 1 atom stereocenters. The van der Waals surface area contributed by atoms with E-state index in [4.69, 9.17) is 5.84 Å². The van der Waals surface area contributed by atoms with E-state index in [0.717, 1.165) is 17.9 Å². The highest BCUT2D eigenvalue weighted by atomic mass is 15.2. The quantitative estimate of drug-likeness (QED) is 0.338. The van der Waals surface area contributed by atoms with Crippen molar-refractivity contribution in [2.75, 3.05) is 20.6 Å². The summed E-state index contributed by atoms with van der Waals surface area (Å²) in [6, 6.07) is 0. The largest absolute Gasteiger partial charge is 0.390 e. The molecular formula is C11H23N5. The lowest BCUT2D eigenvalue weighted by Gasteiger charge is -2.27. The summed E-state index contributed by atoms with van der Waals surface area (Å²) in [5, 5.41) is 3.11. The van der Waals surface area contributed by atoms with Gasteiger partial charge in [0.05, 0.1) is 0 Å². The molecule has 0 bridgehead atoms. The Kier molecular flexibility index (Phi) is 7.03. The lowest BCUT2D eigenvalue weighted by Crippen LogP contribution is -2.28. The molecule has 5 heteroatoms. The van der Waals surface area contributed by atoms with Crippen LogP contribution in [0.5, 0.6) is 0 Å². The van der Waals surface area contributed by atoms with Crippen molar-refractivity contribution < 1.29 is 0 Å². The Morgan fingerprint density at radius 2 is 2.25 bits per heavy atom. The third-order valence-electron chi connectivity index (χ3n) is 2.58. The Bertz CT molecular complexity index is 270. The van der Waals surface area contributed by atoms with Crippen LogP contribution in [0.1, 0.15) is 13.8 Å². The summed E-state index contributed by atoms with van der Waals surface area (Å²) in [5.74, 6) is 5.47. The molecule has 0 heterocycles. The molecule has 92 valence electrons. The number of aliphatic imine (C=N–C) groups is 1. The fourth-order valence-corrected chi connectivity index (χ4v) is 1.48. The maximum Gasteiger partial charge on any atom is 0.0459 e. The number of hydrazine groups is 1. The highest BCUT2D eigenvalue weighted by Gasteiger charge is 2.15. The van der Waals surface area contributed by atoms with Gasteiger partial charge in [0.2, 0.25) is 0 Å². The first-order valence-electron chi connectivity index (χ1n) is 5.33. The van der Waals surface area contributed by atoms with Crippen molar-refractivity contribution in [2.24, 2.45) is 16.8 Å². The van der Waals surface area contributed by atoms with Gasteiger partial charge in [0.15, 0.2) is 0 Å². The normalized spacial score (nSPS) is 14.3. The number of nitrogens with one attached hydrogen (secondary N) is 2. The van der Waals surface area contributed by atoms with Crippen LogP contribution in [-0.4, -0.2) is 32.3 Å². The first-order chi connectivity index (χ1) is 7.62. The molecule has 4 N–H and O–H groups in total. The fourth-order valence-electron chi connectivity index (χ4n) is 1.48. The number of rotatable bonds is 7. The average molecular weight is 225 g/mol. The molecule has 0 aliphatic rings. The third-order valence-corrected chi connectivity index (χ3v) is 2.58. The summed E-state index contributed by atoms with van der Waals surface area (Å²) in [5.41, 5.74) is 4.63. The molecule has 0 rings (SSSR count). The van der Waals surface area contributed by atoms with Crippen LogP contribution in [0.2, 0.25) is 0 Å². The Morgan fingerprint density at radius 3 is 2.62 bits per heavy atom. The van der Waals surface area contributed by atoms with Crippen LogP contribution in [0.4, 0.5) is 0 Å². The molecular weight excluding hydrogens is 202 g/mol. The van der Waals surface area contributed by atoms with Crippen LogP contribution < -0.4 is 16.6 Å². The third kappa shape index (κ3) is 3.94. The first kappa shape index (κ1) is 14.5. The van der Waals surface area contributed by atoms with Crippen molar-refractivity contribution in [3.05, 3.63) is 23.8 Å². The molecule has 16 heavy (non-hydrogen) atoms. The van der Waals surface area contributed by atoms with E-state index < -0.39 is 0 Å². The van der Waals surface area contributed by atoms with Crippen molar-refractivity contribution >= 4 is 6.72 Å². The van der Waals surface area contributed by atoms with Crippen LogP contribution in [0.3, 0.4) is 0 Å². The van der Waals surface area contributed by atoms with Crippen molar-refractivity contribution in [1.82, 2.24) is 15.6 Å². The maximum atomic E-state index is 5.29. The van der Waals surface area contributed by atoms with Gasteiger partial charge in [-0.25, -0.2) is 0 Å². The Labute approximate surface area is 98.1 Å². The van der Waals surface area contributed by atoms with Gasteiger partial charge in [-0.15, -0.1) is 0 Å². The van der Waals surface area contributed by atoms with Crippen LogP contribution in [0.25, 0.3) is 0 Å². The van der Waals surface area contributed by atoms with Gasteiger partial charge in [0.1, 0.15) is 0 Å². The number of hydrogen-bond acceptors (Lipinski definition) is 5.